The van der Waals surface area contributed by atoms with E-state index in [4.69, 9.17) is 5.73 Å². The van der Waals surface area contributed by atoms with E-state index >= 15 is 0 Å². The fourth-order valence-corrected chi connectivity index (χ4v) is 3.68. The van der Waals surface area contributed by atoms with Gasteiger partial charge in [0, 0.05) is 42.5 Å². The van der Waals surface area contributed by atoms with E-state index in [1.54, 1.807) is 22.2 Å². The molecule has 2 aromatic rings. The molecule has 6 nitrogen and oxygen atoms in total. The molecule has 0 amide bonds. The Kier molecular flexibility index (Phi) is 5.80. The number of hydrogen-bond acceptors (Lipinski definition) is 6. The van der Waals surface area contributed by atoms with Crippen LogP contribution in [0.15, 0.2) is 18.6 Å². The quantitative estimate of drug-likeness (QED) is 0.867. The number of thiazole rings is 1. The zero-order valence-corrected chi connectivity index (χ0v) is 14.2. The molecule has 0 aromatic carbocycles. The van der Waals surface area contributed by atoms with Crippen LogP contribution < -0.4 is 5.73 Å². The summed E-state index contributed by atoms with van der Waals surface area (Å²) in [5, 5.41) is 15.1. The van der Waals surface area contributed by atoms with Crippen LogP contribution in [0.3, 0.4) is 0 Å². The molecule has 1 aliphatic rings. The van der Waals surface area contributed by atoms with Gasteiger partial charge in [-0.3, -0.25) is 9.58 Å². The molecule has 0 saturated carbocycles. The lowest BCUT2D eigenvalue weighted by molar-refractivity contribution is 0.118. The van der Waals surface area contributed by atoms with Crippen molar-refractivity contribution < 1.29 is 5.11 Å². The first-order chi connectivity index (χ1) is 10.1. The number of rotatable bonds is 5. The summed E-state index contributed by atoms with van der Waals surface area (Å²) < 4.78 is 1.73. The van der Waals surface area contributed by atoms with Gasteiger partial charge in [0.1, 0.15) is 0 Å². The smallest absolute Gasteiger partial charge is 0.180 e. The van der Waals surface area contributed by atoms with Gasteiger partial charge in [0.05, 0.1) is 12.3 Å². The van der Waals surface area contributed by atoms with E-state index in [-0.39, 0.29) is 12.4 Å². The van der Waals surface area contributed by atoms with Crippen LogP contribution in [-0.2, 0) is 13.6 Å². The average Bonchev–Trinajstić information content (AvgIpc) is 3.14. The van der Waals surface area contributed by atoms with Gasteiger partial charge in [-0.05, 0) is 25.8 Å². The highest BCUT2D eigenvalue weighted by Crippen LogP contribution is 2.29. The van der Waals surface area contributed by atoms with Crippen LogP contribution in [0.4, 0.5) is 5.13 Å². The van der Waals surface area contributed by atoms with Crippen LogP contribution in [0.1, 0.15) is 35.8 Å². The van der Waals surface area contributed by atoms with Crippen LogP contribution in [0.2, 0.25) is 0 Å². The van der Waals surface area contributed by atoms with Gasteiger partial charge < -0.3 is 10.8 Å². The first kappa shape index (κ1) is 17.2. The molecule has 0 spiro atoms. The number of aliphatic hydroxyl groups is 1. The summed E-state index contributed by atoms with van der Waals surface area (Å²) in [6, 6.07) is 0.406. The summed E-state index contributed by atoms with van der Waals surface area (Å²) in [5.41, 5.74) is 6.58. The molecule has 3 rings (SSSR count). The number of halogens is 1. The highest BCUT2D eigenvalue weighted by atomic mass is 35.5. The van der Waals surface area contributed by atoms with E-state index in [1.165, 1.54) is 11.3 Å². The highest BCUT2D eigenvalue weighted by Gasteiger charge is 2.27. The van der Waals surface area contributed by atoms with E-state index in [2.05, 4.69) is 15.0 Å². The molecule has 2 unspecified atom stereocenters. The van der Waals surface area contributed by atoms with Gasteiger partial charge >= 0.3 is 0 Å². The first-order valence-electron chi connectivity index (χ1n) is 7.22. The number of aliphatic hydroxyl groups excluding tert-OH is 1. The maximum atomic E-state index is 10.4. The Morgan fingerprint density at radius 2 is 2.32 bits per heavy atom. The Hall–Kier alpha value is -1.15. The van der Waals surface area contributed by atoms with Gasteiger partial charge in [-0.2, -0.15) is 5.10 Å². The zero-order valence-electron chi connectivity index (χ0n) is 12.6. The third-order valence-corrected chi connectivity index (χ3v) is 4.85. The van der Waals surface area contributed by atoms with E-state index in [0.717, 1.165) is 31.5 Å². The van der Waals surface area contributed by atoms with Crippen LogP contribution >= 0.6 is 23.7 Å². The molecule has 122 valence electrons. The SMILES string of the molecule is Cl.Cn1cc(C(O)CC2CCCN2Cc2cnc(N)s2)cn1. The maximum Gasteiger partial charge on any atom is 0.180 e. The molecule has 22 heavy (non-hydrogen) atoms. The molecule has 3 heterocycles. The first-order valence-corrected chi connectivity index (χ1v) is 8.04. The van der Waals surface area contributed by atoms with Gasteiger partial charge in [0.2, 0.25) is 0 Å². The Bertz CT molecular complexity index is 602. The molecular formula is C14H22ClN5OS. The van der Waals surface area contributed by atoms with Crippen molar-refractivity contribution in [1.29, 1.82) is 0 Å². The normalized spacial score (nSPS) is 20.0. The van der Waals surface area contributed by atoms with Gasteiger partial charge in [-0.1, -0.05) is 0 Å². The van der Waals surface area contributed by atoms with Gasteiger partial charge in [-0.25, -0.2) is 4.98 Å². The van der Waals surface area contributed by atoms with Crippen LogP contribution in [0, 0.1) is 0 Å². The molecule has 2 aromatic heterocycles. The Labute approximate surface area is 140 Å². The lowest BCUT2D eigenvalue weighted by Crippen LogP contribution is -2.30. The molecule has 3 N–H and O–H groups in total. The van der Waals surface area contributed by atoms with Gasteiger partial charge in [0.15, 0.2) is 5.13 Å². The van der Waals surface area contributed by atoms with Crippen molar-refractivity contribution in [3.05, 3.63) is 29.0 Å². The standard InChI is InChI=1S/C14H21N5OS.ClH/c1-18-8-10(6-17-18)13(20)5-11-3-2-4-19(11)9-12-7-16-14(15)21-12;/h6-8,11,13,20H,2-5,9H2,1H3,(H2,15,16);1H. The van der Waals surface area contributed by atoms with Crippen LogP contribution in [-0.4, -0.2) is 37.4 Å². The molecule has 0 radical (unpaired) electrons. The number of anilines is 1. The van der Waals surface area contributed by atoms with E-state index in [9.17, 15) is 5.11 Å². The predicted octanol–water partition coefficient (Wildman–Crippen LogP) is 1.97. The van der Waals surface area contributed by atoms with Crippen LogP contribution in [0.25, 0.3) is 0 Å². The second-order valence-electron chi connectivity index (χ2n) is 5.63. The Morgan fingerprint density at radius 3 is 2.95 bits per heavy atom. The van der Waals surface area contributed by atoms with Crippen molar-refractivity contribution in [3.63, 3.8) is 0 Å². The van der Waals surface area contributed by atoms with E-state index in [0.29, 0.717) is 11.2 Å². The van der Waals surface area contributed by atoms with Crippen LogP contribution in [0.5, 0.6) is 0 Å². The number of likely N-dealkylation sites (tertiary alicyclic amines) is 1. The lowest BCUT2D eigenvalue weighted by atomic mass is 10.0. The monoisotopic (exact) mass is 343 g/mol. The number of nitrogens with two attached hydrogens (primary N) is 1. The van der Waals surface area contributed by atoms with E-state index in [1.807, 2.05) is 19.4 Å². The van der Waals surface area contributed by atoms with Gasteiger partial charge in [-0.15, -0.1) is 23.7 Å². The number of nitrogen functional groups attached to an aromatic ring is 1. The fraction of sp³-hybridized carbons (Fsp3) is 0.571. The number of aryl methyl sites for hydroxylation is 1. The summed E-state index contributed by atoms with van der Waals surface area (Å²) in [7, 11) is 1.87. The van der Waals surface area contributed by atoms with Crippen molar-refractivity contribution in [3.8, 4) is 0 Å². The topological polar surface area (TPSA) is 80.2 Å². The highest BCUT2D eigenvalue weighted by molar-refractivity contribution is 7.15. The third kappa shape index (κ3) is 3.98. The van der Waals surface area contributed by atoms with Crippen molar-refractivity contribution >= 4 is 28.9 Å². The molecule has 1 aliphatic heterocycles. The Balaban J connectivity index is 0.00000176. The third-order valence-electron chi connectivity index (χ3n) is 4.03. The predicted molar refractivity (Wildman–Crippen MR) is 90.0 cm³/mol. The summed E-state index contributed by atoms with van der Waals surface area (Å²) >= 11 is 1.54. The molecule has 1 fully saturated rings. The number of nitrogens with zero attached hydrogens (tertiary/aromatic N) is 4. The molecule has 0 bridgehead atoms. The summed E-state index contributed by atoms with van der Waals surface area (Å²) in [5.74, 6) is 0. The molecule has 2 atom stereocenters. The molecule has 1 saturated heterocycles. The molecule has 0 aliphatic carbocycles. The van der Waals surface area contributed by atoms with Crippen molar-refractivity contribution in [1.82, 2.24) is 19.7 Å². The van der Waals surface area contributed by atoms with Gasteiger partial charge in [0.25, 0.3) is 0 Å². The largest absolute Gasteiger partial charge is 0.388 e. The summed E-state index contributed by atoms with van der Waals surface area (Å²) in [6.45, 7) is 1.95. The minimum Gasteiger partial charge on any atom is -0.388 e. The second kappa shape index (κ2) is 7.41. The average molecular weight is 344 g/mol. The van der Waals surface area contributed by atoms with E-state index < -0.39 is 6.10 Å². The molecule has 8 heteroatoms. The second-order valence-corrected chi connectivity index (χ2v) is 6.78. The summed E-state index contributed by atoms with van der Waals surface area (Å²) in [6.07, 6.45) is 8.09. The molecular weight excluding hydrogens is 322 g/mol. The maximum absolute atomic E-state index is 10.4. The van der Waals surface area contributed by atoms with Crippen molar-refractivity contribution in [2.24, 2.45) is 7.05 Å². The summed E-state index contributed by atoms with van der Waals surface area (Å²) in [4.78, 5) is 7.72. The Morgan fingerprint density at radius 1 is 1.50 bits per heavy atom. The number of aromatic nitrogens is 3. The minimum absolute atomic E-state index is 0. The zero-order chi connectivity index (χ0) is 14.8. The van der Waals surface area contributed by atoms with Crippen molar-refractivity contribution in [2.75, 3.05) is 12.3 Å². The van der Waals surface area contributed by atoms with Crippen molar-refractivity contribution in [2.45, 2.75) is 38.0 Å². The lowest BCUT2D eigenvalue weighted by Gasteiger charge is -2.25. The fourth-order valence-electron chi connectivity index (χ4n) is 2.97. The number of hydrogen-bond donors (Lipinski definition) is 2. The minimum atomic E-state index is -0.448.